The van der Waals surface area contributed by atoms with Gasteiger partial charge in [0.2, 0.25) is 0 Å². The molecule has 0 radical (unpaired) electrons. The zero-order valence-corrected chi connectivity index (χ0v) is 26.6. The Morgan fingerprint density at radius 1 is 0.300 bits per heavy atom. The molecular weight excluding hydrogens is 615 g/mol. The Hall–Kier alpha value is -6.85. The van der Waals surface area contributed by atoms with E-state index in [-0.39, 0.29) is 0 Å². The van der Waals surface area contributed by atoms with Crippen molar-refractivity contribution in [3.63, 3.8) is 0 Å². The van der Waals surface area contributed by atoms with Crippen LogP contribution in [0.4, 0.5) is 0 Å². The minimum absolute atomic E-state index is 0.584. The predicted octanol–water partition coefficient (Wildman–Crippen LogP) is 12.1. The summed E-state index contributed by atoms with van der Waals surface area (Å²) < 4.78 is 12.6. The Bertz CT molecular complexity index is 3170. The summed E-state index contributed by atoms with van der Waals surface area (Å²) in [6, 6.07) is 52.1. The Morgan fingerprint density at radius 3 is 1.54 bits per heavy atom. The van der Waals surface area contributed by atoms with Crippen molar-refractivity contribution >= 4 is 76.2 Å². The van der Waals surface area contributed by atoms with E-state index in [1.54, 1.807) is 0 Å². The van der Waals surface area contributed by atoms with Gasteiger partial charge in [-0.2, -0.15) is 0 Å². The van der Waals surface area contributed by atoms with Gasteiger partial charge in [-0.25, -0.2) is 15.0 Å². The van der Waals surface area contributed by atoms with E-state index >= 15 is 0 Å². The van der Waals surface area contributed by atoms with Crippen molar-refractivity contribution < 1.29 is 8.83 Å². The Labute approximate surface area is 285 Å². The second kappa shape index (κ2) is 10.3. The minimum Gasteiger partial charge on any atom is -0.456 e. The molecule has 0 bridgehead atoms. The first-order valence-corrected chi connectivity index (χ1v) is 16.7. The zero-order valence-electron chi connectivity index (χ0n) is 26.6. The van der Waals surface area contributed by atoms with Crippen LogP contribution >= 0.6 is 0 Å². The number of benzene rings is 8. The molecule has 5 nitrogen and oxygen atoms in total. The normalized spacial score (nSPS) is 12.0. The maximum absolute atomic E-state index is 6.34. The van der Waals surface area contributed by atoms with Gasteiger partial charge in [0.1, 0.15) is 22.3 Å². The summed E-state index contributed by atoms with van der Waals surface area (Å²) in [4.78, 5) is 15.9. The van der Waals surface area contributed by atoms with Crippen molar-refractivity contribution in [2.24, 2.45) is 0 Å². The summed E-state index contributed by atoms with van der Waals surface area (Å²) in [5.74, 6) is 1.79. The van der Waals surface area contributed by atoms with Gasteiger partial charge in [-0.15, -0.1) is 0 Å². The lowest BCUT2D eigenvalue weighted by Crippen LogP contribution is -2.01. The van der Waals surface area contributed by atoms with E-state index in [1.807, 2.05) is 42.5 Å². The maximum Gasteiger partial charge on any atom is 0.164 e. The molecule has 0 saturated heterocycles. The fourth-order valence-corrected chi connectivity index (χ4v) is 7.72. The average molecular weight is 640 g/mol. The van der Waals surface area contributed by atoms with Crippen LogP contribution in [0, 0.1) is 0 Å². The van der Waals surface area contributed by atoms with E-state index in [0.29, 0.717) is 17.5 Å². The third-order valence-electron chi connectivity index (χ3n) is 9.91. The van der Waals surface area contributed by atoms with Gasteiger partial charge < -0.3 is 8.83 Å². The first-order chi connectivity index (χ1) is 24.8. The third-order valence-corrected chi connectivity index (χ3v) is 9.91. The molecule has 232 valence electrons. The van der Waals surface area contributed by atoms with Crippen LogP contribution in [0.25, 0.3) is 110 Å². The number of hydrogen-bond donors (Lipinski definition) is 0. The monoisotopic (exact) mass is 639 g/mol. The molecule has 0 aliphatic carbocycles. The predicted molar refractivity (Wildman–Crippen MR) is 203 cm³/mol. The number of furan rings is 2. The van der Waals surface area contributed by atoms with Gasteiger partial charge in [0, 0.05) is 43.6 Å². The molecule has 0 saturated carbocycles. The third kappa shape index (κ3) is 3.92. The highest BCUT2D eigenvalue weighted by Gasteiger charge is 2.21. The van der Waals surface area contributed by atoms with Crippen molar-refractivity contribution in [3.05, 3.63) is 152 Å². The van der Waals surface area contributed by atoms with Crippen molar-refractivity contribution in [3.8, 4) is 34.2 Å². The zero-order chi connectivity index (χ0) is 32.8. The second-order valence-corrected chi connectivity index (χ2v) is 12.7. The Morgan fingerprint density at radius 2 is 0.800 bits per heavy atom. The first-order valence-electron chi connectivity index (χ1n) is 16.7. The molecule has 0 fully saturated rings. The summed E-state index contributed by atoms with van der Waals surface area (Å²) in [5.41, 5.74) is 6.06. The quantitative estimate of drug-likeness (QED) is 0.180. The molecular formula is C45H25N3O2. The fraction of sp³-hybridized carbons (Fsp3) is 0. The molecule has 5 heteroatoms. The van der Waals surface area contributed by atoms with Crippen LogP contribution in [0.2, 0.25) is 0 Å². The SMILES string of the molecule is c1ccc2c(c1)cc(-c1nc(-c3cccc4oc5ccccc5c34)nc(-c3cccc4ccc5oc6ccccc6c5c34)n1)c1ccccc12. The number of fused-ring (bicyclic) bond motifs is 11. The lowest BCUT2D eigenvalue weighted by Gasteiger charge is -2.14. The summed E-state index contributed by atoms with van der Waals surface area (Å²) in [6.07, 6.45) is 0. The van der Waals surface area contributed by atoms with Crippen LogP contribution < -0.4 is 0 Å². The van der Waals surface area contributed by atoms with Crippen LogP contribution in [0.1, 0.15) is 0 Å². The lowest BCUT2D eigenvalue weighted by atomic mass is 9.96. The van der Waals surface area contributed by atoms with E-state index in [4.69, 9.17) is 23.8 Å². The number of para-hydroxylation sites is 2. The van der Waals surface area contributed by atoms with E-state index < -0.39 is 0 Å². The minimum atomic E-state index is 0.584. The molecule has 0 aliphatic rings. The van der Waals surface area contributed by atoms with Crippen LogP contribution in [0.5, 0.6) is 0 Å². The standard InChI is InChI=1S/C45H25N3O2/c1-2-13-28-27(11-1)25-35(30-15-4-3-14-29(28)30)45-47-43(46-44(48-45)34-19-10-22-38-41(34)31-16-5-7-20-36(31)49-38)33-18-9-12-26-23-24-39-42(40(26)33)32-17-6-8-21-37(32)50-39/h1-25H. The first kappa shape index (κ1) is 27.1. The average Bonchev–Trinajstić information content (AvgIpc) is 3.76. The molecule has 0 atom stereocenters. The van der Waals surface area contributed by atoms with E-state index in [9.17, 15) is 0 Å². The van der Waals surface area contributed by atoms with Gasteiger partial charge in [-0.3, -0.25) is 0 Å². The van der Waals surface area contributed by atoms with Gasteiger partial charge in [0.05, 0.1) is 0 Å². The van der Waals surface area contributed by atoms with Crippen LogP contribution in [0.15, 0.2) is 160 Å². The Balaban J connectivity index is 1.28. The van der Waals surface area contributed by atoms with Gasteiger partial charge >= 0.3 is 0 Å². The summed E-state index contributed by atoms with van der Waals surface area (Å²) in [7, 11) is 0. The summed E-state index contributed by atoms with van der Waals surface area (Å²) in [5, 5.41) is 10.8. The Kier molecular flexibility index (Phi) is 5.60. The van der Waals surface area contributed by atoms with Crippen molar-refractivity contribution in [2.45, 2.75) is 0 Å². The lowest BCUT2D eigenvalue weighted by molar-refractivity contribution is 0.668. The molecule has 0 amide bonds. The van der Waals surface area contributed by atoms with Crippen molar-refractivity contribution in [1.82, 2.24) is 15.0 Å². The maximum atomic E-state index is 6.34. The number of nitrogens with zero attached hydrogens (tertiary/aromatic N) is 3. The van der Waals surface area contributed by atoms with Crippen LogP contribution in [-0.2, 0) is 0 Å². The number of hydrogen-bond acceptors (Lipinski definition) is 5. The van der Waals surface area contributed by atoms with E-state index in [2.05, 4.69) is 109 Å². The highest BCUT2D eigenvalue weighted by Crippen LogP contribution is 2.42. The molecule has 3 heterocycles. The molecule has 0 aliphatic heterocycles. The topological polar surface area (TPSA) is 65.0 Å². The van der Waals surface area contributed by atoms with Crippen molar-refractivity contribution in [2.75, 3.05) is 0 Å². The molecule has 3 aromatic heterocycles. The highest BCUT2D eigenvalue weighted by atomic mass is 16.3. The summed E-state index contributed by atoms with van der Waals surface area (Å²) >= 11 is 0. The van der Waals surface area contributed by atoms with Crippen molar-refractivity contribution in [1.29, 1.82) is 0 Å². The molecule has 11 aromatic rings. The van der Waals surface area contributed by atoms with E-state index in [0.717, 1.165) is 87.5 Å². The number of aromatic nitrogens is 3. The molecule has 0 N–H and O–H groups in total. The van der Waals surface area contributed by atoms with Gasteiger partial charge in [-0.1, -0.05) is 121 Å². The van der Waals surface area contributed by atoms with Gasteiger partial charge in [-0.05, 0) is 57.3 Å². The van der Waals surface area contributed by atoms with Gasteiger partial charge in [0.25, 0.3) is 0 Å². The molecule has 50 heavy (non-hydrogen) atoms. The molecule has 8 aromatic carbocycles. The van der Waals surface area contributed by atoms with Crippen LogP contribution in [0.3, 0.4) is 0 Å². The molecule has 0 unspecified atom stereocenters. The smallest absolute Gasteiger partial charge is 0.164 e. The largest absolute Gasteiger partial charge is 0.456 e. The van der Waals surface area contributed by atoms with Crippen LogP contribution in [-0.4, -0.2) is 15.0 Å². The van der Waals surface area contributed by atoms with E-state index in [1.165, 1.54) is 5.39 Å². The summed E-state index contributed by atoms with van der Waals surface area (Å²) in [6.45, 7) is 0. The molecule has 11 rings (SSSR count). The van der Waals surface area contributed by atoms with Gasteiger partial charge in [0.15, 0.2) is 17.5 Å². The molecule has 0 spiro atoms. The second-order valence-electron chi connectivity index (χ2n) is 12.7. The number of rotatable bonds is 3. The highest BCUT2D eigenvalue weighted by molar-refractivity contribution is 6.22. The fourth-order valence-electron chi connectivity index (χ4n) is 7.72.